The molecule has 7 heteroatoms. The molecule has 160 valence electrons. The van der Waals surface area contributed by atoms with Gasteiger partial charge >= 0.3 is 0 Å². The number of rotatable bonds is 6. The van der Waals surface area contributed by atoms with E-state index >= 15 is 0 Å². The monoisotopic (exact) mass is 410 g/mol. The fourth-order valence-electron chi connectivity index (χ4n) is 6.26. The van der Waals surface area contributed by atoms with Crippen molar-refractivity contribution in [1.29, 1.82) is 0 Å². The summed E-state index contributed by atoms with van der Waals surface area (Å²) in [6.07, 6.45) is 7.22. The molecule has 2 unspecified atom stereocenters. The first-order chi connectivity index (χ1) is 14.5. The van der Waals surface area contributed by atoms with Gasteiger partial charge < -0.3 is 16.0 Å². The number of imide groups is 1. The third-order valence-electron chi connectivity index (χ3n) is 7.91. The lowest BCUT2D eigenvalue weighted by Gasteiger charge is -2.36. The van der Waals surface area contributed by atoms with Gasteiger partial charge in [0.05, 0.1) is 0 Å². The normalized spacial score (nSPS) is 31.2. The van der Waals surface area contributed by atoms with E-state index in [2.05, 4.69) is 16.7 Å². The number of piperidine rings is 1. The molecule has 3 amide bonds. The molecular weight excluding hydrogens is 380 g/mol. The van der Waals surface area contributed by atoms with Crippen molar-refractivity contribution in [1.82, 2.24) is 15.5 Å². The van der Waals surface area contributed by atoms with Crippen LogP contribution in [0.3, 0.4) is 0 Å². The molecule has 1 saturated heterocycles. The van der Waals surface area contributed by atoms with Gasteiger partial charge in [0.25, 0.3) is 5.91 Å². The standard InChI is InChI=1S/C23H30N4O3/c24-11-19(23-7-5-14(10-23)6-8-23)25-12-15-1-2-17-16(9-15)13-27(22(17)30)18-3-4-20(28)26-21(18)29/h1-2,9,14,18-19,25H,3-8,10-13,24H2,(H,26,28,29). The number of hydrogen-bond donors (Lipinski definition) is 3. The molecule has 2 aliphatic carbocycles. The van der Waals surface area contributed by atoms with Crippen molar-refractivity contribution in [3.63, 3.8) is 0 Å². The Labute approximate surface area is 176 Å². The number of nitrogens with zero attached hydrogens (tertiary/aromatic N) is 1. The van der Waals surface area contributed by atoms with E-state index in [1.54, 1.807) is 4.90 Å². The molecule has 5 rings (SSSR count). The van der Waals surface area contributed by atoms with Crippen molar-refractivity contribution in [3.05, 3.63) is 34.9 Å². The van der Waals surface area contributed by atoms with Crippen LogP contribution in [-0.4, -0.2) is 41.2 Å². The first kappa shape index (κ1) is 19.7. The molecule has 0 spiro atoms. The summed E-state index contributed by atoms with van der Waals surface area (Å²) in [4.78, 5) is 38.1. The summed E-state index contributed by atoms with van der Waals surface area (Å²) < 4.78 is 0. The highest BCUT2D eigenvalue weighted by Crippen LogP contribution is 2.55. The second kappa shape index (κ2) is 7.46. The molecule has 2 saturated carbocycles. The van der Waals surface area contributed by atoms with Crippen LogP contribution < -0.4 is 16.4 Å². The van der Waals surface area contributed by atoms with Crippen molar-refractivity contribution < 1.29 is 14.4 Å². The van der Waals surface area contributed by atoms with Gasteiger partial charge in [-0.25, -0.2) is 0 Å². The lowest BCUT2D eigenvalue weighted by atomic mass is 9.77. The van der Waals surface area contributed by atoms with Crippen LogP contribution in [0.25, 0.3) is 0 Å². The first-order valence-corrected chi connectivity index (χ1v) is 11.2. The van der Waals surface area contributed by atoms with E-state index in [0.29, 0.717) is 36.5 Å². The molecule has 0 aromatic heterocycles. The number of nitrogens with two attached hydrogens (primary N) is 1. The van der Waals surface area contributed by atoms with Crippen LogP contribution >= 0.6 is 0 Å². The highest BCUT2D eigenvalue weighted by Gasteiger charge is 2.49. The molecule has 0 radical (unpaired) electrons. The molecule has 4 N–H and O–H groups in total. The molecular formula is C23H30N4O3. The van der Waals surface area contributed by atoms with E-state index in [9.17, 15) is 14.4 Å². The zero-order valence-electron chi connectivity index (χ0n) is 17.3. The highest BCUT2D eigenvalue weighted by molar-refractivity contribution is 6.05. The van der Waals surface area contributed by atoms with Crippen molar-refractivity contribution in [3.8, 4) is 0 Å². The van der Waals surface area contributed by atoms with Gasteiger partial charge in [0, 0.05) is 37.7 Å². The van der Waals surface area contributed by atoms with Gasteiger partial charge in [0.1, 0.15) is 6.04 Å². The van der Waals surface area contributed by atoms with Gasteiger partial charge in [-0.15, -0.1) is 0 Å². The summed E-state index contributed by atoms with van der Waals surface area (Å²) in [5.74, 6) is 0.134. The average Bonchev–Trinajstić information content (AvgIpc) is 3.43. The van der Waals surface area contributed by atoms with E-state index in [1.165, 1.54) is 32.1 Å². The summed E-state index contributed by atoms with van der Waals surface area (Å²) in [5, 5.41) is 6.06. The maximum Gasteiger partial charge on any atom is 0.255 e. The average molecular weight is 411 g/mol. The van der Waals surface area contributed by atoms with Crippen molar-refractivity contribution in [2.75, 3.05) is 6.54 Å². The van der Waals surface area contributed by atoms with Crippen LogP contribution in [0.5, 0.6) is 0 Å². The van der Waals surface area contributed by atoms with Gasteiger partial charge in [-0.05, 0) is 67.1 Å². The van der Waals surface area contributed by atoms with Gasteiger partial charge in [-0.2, -0.15) is 0 Å². The Balaban J connectivity index is 1.26. The number of carbonyl (C=O) groups is 3. The minimum Gasteiger partial charge on any atom is -0.329 e. The van der Waals surface area contributed by atoms with E-state index in [-0.39, 0.29) is 24.1 Å². The minimum atomic E-state index is -0.567. The summed E-state index contributed by atoms with van der Waals surface area (Å²) in [6, 6.07) is 5.71. The van der Waals surface area contributed by atoms with Gasteiger partial charge in [0.15, 0.2) is 0 Å². The van der Waals surface area contributed by atoms with Crippen LogP contribution in [0.4, 0.5) is 0 Å². The lowest BCUT2D eigenvalue weighted by molar-refractivity contribution is -0.136. The molecule has 2 bridgehead atoms. The number of hydrogen-bond acceptors (Lipinski definition) is 5. The molecule has 2 aliphatic heterocycles. The number of amides is 3. The smallest absolute Gasteiger partial charge is 0.255 e. The SMILES string of the molecule is NCC(NCc1ccc2c(c1)CN(C1CCC(=O)NC1=O)C2=O)C12CCC(CC1)C2. The van der Waals surface area contributed by atoms with E-state index in [0.717, 1.165) is 23.6 Å². The highest BCUT2D eigenvalue weighted by atomic mass is 16.2. The van der Waals surface area contributed by atoms with Crippen LogP contribution in [0.2, 0.25) is 0 Å². The molecule has 1 aromatic rings. The Morgan fingerprint density at radius 2 is 2.00 bits per heavy atom. The fourth-order valence-corrected chi connectivity index (χ4v) is 6.26. The number of carbonyl (C=O) groups excluding carboxylic acids is 3. The summed E-state index contributed by atoms with van der Waals surface area (Å²) >= 11 is 0. The van der Waals surface area contributed by atoms with Gasteiger partial charge in [0.2, 0.25) is 11.8 Å². The second-order valence-electron chi connectivity index (χ2n) is 9.57. The number of nitrogens with one attached hydrogen (secondary N) is 2. The number of benzene rings is 1. The lowest BCUT2D eigenvalue weighted by Crippen LogP contribution is -2.52. The molecule has 4 aliphatic rings. The van der Waals surface area contributed by atoms with Crippen LogP contribution in [0, 0.1) is 11.3 Å². The summed E-state index contributed by atoms with van der Waals surface area (Å²) in [6.45, 7) is 1.80. The summed E-state index contributed by atoms with van der Waals surface area (Å²) in [5.41, 5.74) is 9.27. The molecule has 3 fully saturated rings. The first-order valence-electron chi connectivity index (χ1n) is 11.2. The third kappa shape index (κ3) is 3.24. The third-order valence-corrected chi connectivity index (χ3v) is 7.91. The topological polar surface area (TPSA) is 105 Å². The van der Waals surface area contributed by atoms with Gasteiger partial charge in [-0.3, -0.25) is 19.7 Å². The fraction of sp³-hybridized carbons (Fsp3) is 0.609. The van der Waals surface area contributed by atoms with Crippen LogP contribution in [0.1, 0.15) is 66.4 Å². The molecule has 1 aromatic carbocycles. The Morgan fingerprint density at radius 3 is 2.67 bits per heavy atom. The Kier molecular flexibility index (Phi) is 4.90. The van der Waals surface area contributed by atoms with Crippen LogP contribution in [-0.2, 0) is 22.7 Å². The quantitative estimate of drug-likeness (QED) is 0.616. The zero-order valence-corrected chi connectivity index (χ0v) is 17.3. The maximum absolute atomic E-state index is 12.8. The zero-order chi connectivity index (χ0) is 20.9. The van der Waals surface area contributed by atoms with Crippen molar-refractivity contribution >= 4 is 17.7 Å². The van der Waals surface area contributed by atoms with E-state index in [1.807, 2.05) is 12.1 Å². The Bertz CT molecular complexity index is 890. The molecule has 2 atom stereocenters. The largest absolute Gasteiger partial charge is 0.329 e. The Hall–Kier alpha value is -2.25. The second-order valence-corrected chi connectivity index (χ2v) is 9.57. The number of fused-ring (bicyclic) bond motifs is 3. The molecule has 7 nitrogen and oxygen atoms in total. The minimum absolute atomic E-state index is 0.124. The Morgan fingerprint density at radius 1 is 1.20 bits per heavy atom. The predicted molar refractivity (Wildman–Crippen MR) is 111 cm³/mol. The predicted octanol–water partition coefficient (Wildman–Crippen LogP) is 1.44. The summed E-state index contributed by atoms with van der Waals surface area (Å²) in [7, 11) is 0. The molecule has 2 heterocycles. The van der Waals surface area contributed by atoms with E-state index in [4.69, 9.17) is 5.73 Å². The van der Waals surface area contributed by atoms with Crippen molar-refractivity contribution in [2.45, 2.75) is 70.1 Å². The van der Waals surface area contributed by atoms with Crippen LogP contribution in [0.15, 0.2) is 18.2 Å². The van der Waals surface area contributed by atoms with E-state index < -0.39 is 6.04 Å². The molecule has 30 heavy (non-hydrogen) atoms. The van der Waals surface area contributed by atoms with Gasteiger partial charge in [-0.1, -0.05) is 12.1 Å². The van der Waals surface area contributed by atoms with Crippen molar-refractivity contribution in [2.24, 2.45) is 17.1 Å². The maximum atomic E-state index is 12.8.